The molecule has 1 N–H and O–H groups in total. The van der Waals surface area contributed by atoms with E-state index < -0.39 is 0 Å². The number of anilines is 1. The van der Waals surface area contributed by atoms with Crippen molar-refractivity contribution in [2.75, 3.05) is 31.1 Å². The maximum absolute atomic E-state index is 12.3. The number of carbonyl (C=O) groups is 1. The third-order valence-electron chi connectivity index (χ3n) is 3.52. The van der Waals surface area contributed by atoms with Crippen LogP contribution in [-0.4, -0.2) is 52.1 Å². The molecule has 0 bridgehead atoms. The van der Waals surface area contributed by atoms with Gasteiger partial charge in [0.1, 0.15) is 5.75 Å². The second-order valence-corrected chi connectivity index (χ2v) is 4.87. The summed E-state index contributed by atoms with van der Waals surface area (Å²) >= 11 is 0. The molecule has 1 aromatic heterocycles. The summed E-state index contributed by atoms with van der Waals surface area (Å²) in [5.41, 5.74) is 0.595. The van der Waals surface area contributed by atoms with Crippen molar-refractivity contribution in [2.24, 2.45) is 0 Å². The summed E-state index contributed by atoms with van der Waals surface area (Å²) in [5.74, 6) is 0.857. The largest absolute Gasteiger partial charge is 0.508 e. The van der Waals surface area contributed by atoms with E-state index >= 15 is 0 Å². The van der Waals surface area contributed by atoms with Gasteiger partial charge >= 0.3 is 0 Å². The third kappa shape index (κ3) is 2.94. The number of aromatic nitrogens is 2. The lowest BCUT2D eigenvalue weighted by Crippen LogP contribution is -2.49. The molecule has 21 heavy (non-hydrogen) atoms. The fourth-order valence-corrected chi connectivity index (χ4v) is 2.35. The van der Waals surface area contributed by atoms with Crippen LogP contribution < -0.4 is 4.90 Å². The Kier molecular flexibility index (Phi) is 3.68. The highest BCUT2D eigenvalue weighted by molar-refractivity contribution is 5.94. The molecule has 0 saturated carbocycles. The fourth-order valence-electron chi connectivity index (χ4n) is 2.35. The zero-order chi connectivity index (χ0) is 14.7. The van der Waals surface area contributed by atoms with E-state index in [1.807, 2.05) is 4.90 Å². The van der Waals surface area contributed by atoms with E-state index in [2.05, 4.69) is 14.9 Å². The molecule has 1 aliphatic heterocycles. The first-order chi connectivity index (χ1) is 10.2. The lowest BCUT2D eigenvalue weighted by molar-refractivity contribution is 0.0746. The van der Waals surface area contributed by atoms with Gasteiger partial charge in [-0.2, -0.15) is 0 Å². The maximum Gasteiger partial charge on any atom is 0.253 e. The number of rotatable bonds is 2. The topological polar surface area (TPSA) is 69.6 Å². The van der Waals surface area contributed by atoms with Crippen LogP contribution in [0.1, 0.15) is 10.4 Å². The highest BCUT2D eigenvalue weighted by Gasteiger charge is 2.23. The van der Waals surface area contributed by atoms with Crippen molar-refractivity contribution >= 4 is 11.9 Å². The van der Waals surface area contributed by atoms with E-state index in [4.69, 9.17) is 0 Å². The van der Waals surface area contributed by atoms with Gasteiger partial charge in [-0.3, -0.25) is 4.79 Å². The number of piperazine rings is 1. The quantitative estimate of drug-likeness (QED) is 0.895. The van der Waals surface area contributed by atoms with Gasteiger partial charge in [0.2, 0.25) is 5.95 Å². The van der Waals surface area contributed by atoms with Crippen molar-refractivity contribution in [3.63, 3.8) is 0 Å². The predicted molar refractivity (Wildman–Crippen MR) is 78.3 cm³/mol. The Balaban J connectivity index is 1.63. The molecule has 6 nitrogen and oxygen atoms in total. The van der Waals surface area contributed by atoms with Gasteiger partial charge in [0.25, 0.3) is 5.91 Å². The number of amides is 1. The van der Waals surface area contributed by atoms with Gasteiger partial charge in [-0.05, 0) is 30.3 Å². The Hall–Kier alpha value is -2.63. The Morgan fingerprint density at radius 1 is 1.00 bits per heavy atom. The molecule has 0 spiro atoms. The van der Waals surface area contributed by atoms with Crippen LogP contribution in [0.15, 0.2) is 42.7 Å². The average Bonchev–Trinajstić information content (AvgIpc) is 2.56. The van der Waals surface area contributed by atoms with Gasteiger partial charge < -0.3 is 14.9 Å². The molecule has 1 aliphatic rings. The van der Waals surface area contributed by atoms with Crippen molar-refractivity contribution in [1.29, 1.82) is 0 Å². The zero-order valence-electron chi connectivity index (χ0n) is 11.5. The first kappa shape index (κ1) is 13.4. The van der Waals surface area contributed by atoms with Gasteiger partial charge in [0.05, 0.1) is 0 Å². The first-order valence-corrected chi connectivity index (χ1v) is 6.84. The summed E-state index contributed by atoms with van der Waals surface area (Å²) in [6.45, 7) is 2.71. The molecule has 6 heteroatoms. The Labute approximate surface area is 122 Å². The second-order valence-electron chi connectivity index (χ2n) is 4.87. The highest BCUT2D eigenvalue weighted by Crippen LogP contribution is 2.15. The van der Waals surface area contributed by atoms with Gasteiger partial charge in [-0.1, -0.05) is 0 Å². The van der Waals surface area contributed by atoms with E-state index in [1.165, 1.54) is 12.1 Å². The standard InChI is InChI=1S/C15H16N4O2/c20-13-4-2-12(3-5-13)14(21)18-8-10-19(11-9-18)15-16-6-1-7-17-15/h1-7,20H,8-11H2. The first-order valence-electron chi connectivity index (χ1n) is 6.84. The predicted octanol–water partition coefficient (Wildman–Crippen LogP) is 1.14. The van der Waals surface area contributed by atoms with Gasteiger partial charge in [0, 0.05) is 44.1 Å². The van der Waals surface area contributed by atoms with E-state index in [9.17, 15) is 9.90 Å². The minimum atomic E-state index is -0.0105. The van der Waals surface area contributed by atoms with E-state index in [0.717, 1.165) is 0 Å². The number of hydrogen-bond donors (Lipinski definition) is 1. The molecule has 0 unspecified atom stereocenters. The lowest BCUT2D eigenvalue weighted by Gasteiger charge is -2.34. The Morgan fingerprint density at radius 3 is 2.24 bits per heavy atom. The van der Waals surface area contributed by atoms with E-state index in [0.29, 0.717) is 37.7 Å². The summed E-state index contributed by atoms with van der Waals surface area (Å²) in [7, 11) is 0. The summed E-state index contributed by atoms with van der Waals surface area (Å²) in [6.07, 6.45) is 3.44. The number of benzene rings is 1. The highest BCUT2D eigenvalue weighted by atomic mass is 16.3. The average molecular weight is 284 g/mol. The molecule has 0 radical (unpaired) electrons. The van der Waals surface area contributed by atoms with Crippen molar-refractivity contribution in [1.82, 2.24) is 14.9 Å². The van der Waals surface area contributed by atoms with Crippen LogP contribution in [0.3, 0.4) is 0 Å². The molecule has 2 aromatic rings. The van der Waals surface area contributed by atoms with Gasteiger partial charge in [-0.25, -0.2) is 9.97 Å². The normalized spacial score (nSPS) is 15.0. The van der Waals surface area contributed by atoms with Crippen molar-refractivity contribution in [3.8, 4) is 5.75 Å². The van der Waals surface area contributed by atoms with Crippen LogP contribution >= 0.6 is 0 Å². The zero-order valence-corrected chi connectivity index (χ0v) is 11.5. The van der Waals surface area contributed by atoms with Crippen molar-refractivity contribution in [2.45, 2.75) is 0 Å². The SMILES string of the molecule is O=C(c1ccc(O)cc1)N1CCN(c2ncccn2)CC1. The molecule has 1 saturated heterocycles. The molecule has 2 heterocycles. The van der Waals surface area contributed by atoms with Crippen LogP contribution in [0.25, 0.3) is 0 Å². The summed E-state index contributed by atoms with van der Waals surface area (Å²) in [4.78, 5) is 24.7. The number of phenols is 1. The second kappa shape index (κ2) is 5.78. The molecule has 1 aromatic carbocycles. The summed E-state index contributed by atoms with van der Waals surface area (Å²) in [6, 6.07) is 8.13. The molecule has 108 valence electrons. The Morgan fingerprint density at radius 2 is 1.62 bits per heavy atom. The molecule has 3 rings (SSSR count). The molecular formula is C15H16N4O2. The van der Waals surface area contributed by atoms with E-state index in [-0.39, 0.29) is 11.7 Å². The van der Waals surface area contributed by atoms with Crippen LogP contribution in [-0.2, 0) is 0 Å². The summed E-state index contributed by atoms with van der Waals surface area (Å²) < 4.78 is 0. The van der Waals surface area contributed by atoms with E-state index in [1.54, 1.807) is 30.6 Å². The monoisotopic (exact) mass is 284 g/mol. The van der Waals surface area contributed by atoms with Crippen LogP contribution in [0, 0.1) is 0 Å². The smallest absolute Gasteiger partial charge is 0.253 e. The summed E-state index contributed by atoms with van der Waals surface area (Å²) in [5, 5.41) is 9.26. The molecule has 0 aliphatic carbocycles. The van der Waals surface area contributed by atoms with Crippen LogP contribution in [0.5, 0.6) is 5.75 Å². The lowest BCUT2D eigenvalue weighted by atomic mass is 10.1. The van der Waals surface area contributed by atoms with Crippen LogP contribution in [0.2, 0.25) is 0 Å². The third-order valence-corrected chi connectivity index (χ3v) is 3.52. The molecular weight excluding hydrogens is 268 g/mol. The molecule has 1 fully saturated rings. The van der Waals surface area contributed by atoms with Gasteiger partial charge in [-0.15, -0.1) is 0 Å². The fraction of sp³-hybridized carbons (Fsp3) is 0.267. The van der Waals surface area contributed by atoms with Gasteiger partial charge in [0.15, 0.2) is 0 Å². The number of nitrogens with zero attached hydrogens (tertiary/aromatic N) is 4. The van der Waals surface area contributed by atoms with Crippen molar-refractivity contribution < 1.29 is 9.90 Å². The number of carbonyl (C=O) groups excluding carboxylic acids is 1. The maximum atomic E-state index is 12.3. The minimum Gasteiger partial charge on any atom is -0.508 e. The Bertz CT molecular complexity index is 607. The minimum absolute atomic E-state index is 0.0105. The van der Waals surface area contributed by atoms with Crippen LogP contribution in [0.4, 0.5) is 5.95 Å². The number of aromatic hydroxyl groups is 1. The number of hydrogen-bond acceptors (Lipinski definition) is 5. The molecule has 0 atom stereocenters. The number of phenolic OH excluding ortho intramolecular Hbond substituents is 1. The molecule has 1 amide bonds. The van der Waals surface area contributed by atoms with Crippen molar-refractivity contribution in [3.05, 3.63) is 48.3 Å².